The fourth-order valence-corrected chi connectivity index (χ4v) is 3.23. The van der Waals surface area contributed by atoms with Crippen LogP contribution in [0, 0.1) is 6.92 Å². The highest BCUT2D eigenvalue weighted by atomic mass is 16.5. The van der Waals surface area contributed by atoms with Gasteiger partial charge in [-0.2, -0.15) is 0 Å². The predicted octanol–water partition coefficient (Wildman–Crippen LogP) is 1.31. The van der Waals surface area contributed by atoms with Gasteiger partial charge >= 0.3 is 0 Å². The van der Waals surface area contributed by atoms with E-state index in [-0.39, 0.29) is 29.6 Å². The van der Waals surface area contributed by atoms with Gasteiger partial charge in [-0.15, -0.1) is 0 Å². The minimum atomic E-state index is -0.277. The molecular weight excluding hydrogens is 296 g/mol. The van der Waals surface area contributed by atoms with Crippen LogP contribution in [0.15, 0.2) is 34.9 Å². The molecule has 0 aliphatic carbocycles. The summed E-state index contributed by atoms with van der Waals surface area (Å²) in [6.07, 6.45) is 0.572. The molecule has 2 aromatic rings. The third-order valence-corrected chi connectivity index (χ3v) is 4.27. The first-order chi connectivity index (χ1) is 11.1. The lowest BCUT2D eigenvalue weighted by atomic mass is 10.1. The molecular formula is C16H16N4O3. The Hall–Kier alpha value is -2.83. The Morgan fingerprint density at radius 1 is 1.43 bits per heavy atom. The standard InChI is InChI=1S/C16H16N4O3/c1-9-6-12(19-23-9)15(21)17-10-7-14-16(22)18-11-4-2-3-5-13(11)20(14)8-10/h2-6,10,14H,7-8H2,1H3,(H,17,21)(H,18,22). The molecule has 1 aromatic heterocycles. The van der Waals surface area contributed by atoms with Gasteiger partial charge < -0.3 is 20.1 Å². The molecule has 1 fully saturated rings. The van der Waals surface area contributed by atoms with Gasteiger partial charge in [-0.25, -0.2) is 0 Å². The Kier molecular flexibility index (Phi) is 3.07. The van der Waals surface area contributed by atoms with Crippen LogP contribution in [-0.2, 0) is 4.79 Å². The van der Waals surface area contributed by atoms with E-state index >= 15 is 0 Å². The van der Waals surface area contributed by atoms with E-state index in [1.54, 1.807) is 13.0 Å². The molecule has 4 rings (SSSR count). The molecule has 0 saturated carbocycles. The number of hydrogen-bond acceptors (Lipinski definition) is 5. The van der Waals surface area contributed by atoms with Gasteiger partial charge in [-0.3, -0.25) is 9.59 Å². The zero-order valence-corrected chi connectivity index (χ0v) is 12.6. The number of rotatable bonds is 2. The maximum Gasteiger partial charge on any atom is 0.273 e. The number of amides is 2. The van der Waals surface area contributed by atoms with Crippen LogP contribution < -0.4 is 15.5 Å². The van der Waals surface area contributed by atoms with Gasteiger partial charge in [0.2, 0.25) is 5.91 Å². The van der Waals surface area contributed by atoms with Crippen molar-refractivity contribution in [3.05, 3.63) is 41.8 Å². The molecule has 1 aromatic carbocycles. The van der Waals surface area contributed by atoms with Crippen molar-refractivity contribution in [2.45, 2.75) is 25.4 Å². The molecule has 1 saturated heterocycles. The van der Waals surface area contributed by atoms with Crippen LogP contribution in [0.4, 0.5) is 11.4 Å². The van der Waals surface area contributed by atoms with Crippen molar-refractivity contribution in [2.24, 2.45) is 0 Å². The second-order valence-electron chi connectivity index (χ2n) is 5.90. The van der Waals surface area contributed by atoms with E-state index in [2.05, 4.69) is 15.8 Å². The highest BCUT2D eigenvalue weighted by molar-refractivity contribution is 6.04. The summed E-state index contributed by atoms with van der Waals surface area (Å²) >= 11 is 0. The van der Waals surface area contributed by atoms with Gasteiger partial charge in [-0.1, -0.05) is 17.3 Å². The first-order valence-corrected chi connectivity index (χ1v) is 7.52. The Bertz CT molecular complexity index is 785. The number of fused-ring (bicyclic) bond motifs is 3. The molecule has 7 heteroatoms. The highest BCUT2D eigenvalue weighted by Gasteiger charge is 2.41. The molecule has 7 nitrogen and oxygen atoms in total. The molecule has 0 radical (unpaired) electrons. The number of carbonyl (C=O) groups excluding carboxylic acids is 2. The van der Waals surface area contributed by atoms with Crippen LogP contribution in [-0.4, -0.2) is 35.6 Å². The third-order valence-electron chi connectivity index (χ3n) is 4.27. The van der Waals surface area contributed by atoms with E-state index in [9.17, 15) is 9.59 Å². The minimum absolute atomic E-state index is 0.0299. The summed E-state index contributed by atoms with van der Waals surface area (Å²) in [5, 5.41) is 9.57. The van der Waals surface area contributed by atoms with Gasteiger partial charge in [0.15, 0.2) is 5.69 Å². The van der Waals surface area contributed by atoms with Crippen LogP contribution in [0.5, 0.6) is 0 Å². The summed E-state index contributed by atoms with van der Waals surface area (Å²) in [4.78, 5) is 26.5. The Balaban J connectivity index is 1.52. The minimum Gasteiger partial charge on any atom is -0.361 e. The molecule has 2 N–H and O–H groups in total. The van der Waals surface area contributed by atoms with Crippen molar-refractivity contribution in [2.75, 3.05) is 16.8 Å². The smallest absolute Gasteiger partial charge is 0.273 e. The highest BCUT2D eigenvalue weighted by Crippen LogP contribution is 2.36. The number of para-hydroxylation sites is 2. The number of nitrogens with one attached hydrogen (secondary N) is 2. The molecule has 2 aliphatic rings. The van der Waals surface area contributed by atoms with Gasteiger partial charge in [0.05, 0.1) is 11.4 Å². The zero-order chi connectivity index (χ0) is 16.0. The molecule has 3 heterocycles. The number of aryl methyl sites for hydroxylation is 1. The normalized spacial score (nSPS) is 22.3. The largest absolute Gasteiger partial charge is 0.361 e. The second-order valence-corrected chi connectivity index (χ2v) is 5.90. The Morgan fingerprint density at radius 2 is 2.26 bits per heavy atom. The number of hydrogen-bond donors (Lipinski definition) is 2. The van der Waals surface area contributed by atoms with Crippen LogP contribution in [0.3, 0.4) is 0 Å². The summed E-state index contributed by atoms with van der Waals surface area (Å²) in [6, 6.07) is 8.93. The molecule has 2 unspecified atom stereocenters. The van der Waals surface area contributed by atoms with Gasteiger partial charge in [-0.05, 0) is 25.5 Å². The van der Waals surface area contributed by atoms with Crippen LogP contribution in [0.1, 0.15) is 22.7 Å². The topological polar surface area (TPSA) is 87.5 Å². The molecule has 23 heavy (non-hydrogen) atoms. The average molecular weight is 312 g/mol. The predicted molar refractivity (Wildman–Crippen MR) is 83.3 cm³/mol. The van der Waals surface area contributed by atoms with E-state index in [4.69, 9.17) is 4.52 Å². The molecule has 0 spiro atoms. The average Bonchev–Trinajstić information content (AvgIpc) is 3.14. The summed E-state index contributed by atoms with van der Waals surface area (Å²) in [6.45, 7) is 2.33. The number of benzene rings is 1. The monoisotopic (exact) mass is 312 g/mol. The summed E-state index contributed by atoms with van der Waals surface area (Å²) < 4.78 is 4.92. The van der Waals surface area contributed by atoms with E-state index < -0.39 is 0 Å². The Morgan fingerprint density at radius 3 is 3.04 bits per heavy atom. The van der Waals surface area contributed by atoms with Crippen LogP contribution >= 0.6 is 0 Å². The zero-order valence-electron chi connectivity index (χ0n) is 12.6. The lowest BCUT2D eigenvalue weighted by Crippen LogP contribution is -2.44. The lowest BCUT2D eigenvalue weighted by molar-refractivity contribution is -0.117. The first-order valence-electron chi connectivity index (χ1n) is 7.52. The van der Waals surface area contributed by atoms with Crippen molar-refractivity contribution >= 4 is 23.2 Å². The number of carbonyl (C=O) groups is 2. The summed E-state index contributed by atoms with van der Waals surface area (Å²) in [5.41, 5.74) is 2.07. The van der Waals surface area contributed by atoms with Crippen molar-refractivity contribution in [1.82, 2.24) is 10.5 Å². The van der Waals surface area contributed by atoms with Gasteiger partial charge in [0, 0.05) is 18.7 Å². The van der Waals surface area contributed by atoms with Crippen molar-refractivity contribution in [3.63, 3.8) is 0 Å². The lowest BCUT2D eigenvalue weighted by Gasteiger charge is -2.32. The molecule has 2 atom stereocenters. The number of anilines is 2. The summed E-state index contributed by atoms with van der Waals surface area (Å²) in [7, 11) is 0. The van der Waals surface area contributed by atoms with Crippen molar-refractivity contribution in [3.8, 4) is 0 Å². The third kappa shape index (κ3) is 2.34. The van der Waals surface area contributed by atoms with E-state index in [1.165, 1.54) is 0 Å². The van der Waals surface area contributed by atoms with E-state index in [1.807, 2.05) is 29.2 Å². The SMILES string of the molecule is Cc1cc(C(=O)NC2CC3C(=O)Nc4ccccc4N3C2)no1. The second kappa shape index (κ2) is 5.12. The molecule has 2 amide bonds. The van der Waals surface area contributed by atoms with E-state index in [0.717, 1.165) is 11.4 Å². The molecule has 0 bridgehead atoms. The Labute approximate surface area is 132 Å². The number of aromatic nitrogens is 1. The fraction of sp³-hybridized carbons (Fsp3) is 0.312. The first kappa shape index (κ1) is 13.8. The maximum absolute atomic E-state index is 12.3. The summed E-state index contributed by atoms with van der Waals surface area (Å²) in [5.74, 6) is 0.283. The van der Waals surface area contributed by atoms with Crippen LogP contribution in [0.25, 0.3) is 0 Å². The van der Waals surface area contributed by atoms with Crippen molar-refractivity contribution < 1.29 is 14.1 Å². The fourth-order valence-electron chi connectivity index (χ4n) is 3.23. The van der Waals surface area contributed by atoms with Crippen LogP contribution in [0.2, 0.25) is 0 Å². The van der Waals surface area contributed by atoms with Crippen molar-refractivity contribution in [1.29, 1.82) is 0 Å². The molecule has 2 aliphatic heterocycles. The van der Waals surface area contributed by atoms with Gasteiger partial charge in [0.1, 0.15) is 11.8 Å². The quantitative estimate of drug-likeness (QED) is 0.873. The van der Waals surface area contributed by atoms with E-state index in [0.29, 0.717) is 18.7 Å². The number of nitrogens with zero attached hydrogens (tertiary/aromatic N) is 2. The molecule has 118 valence electrons. The van der Waals surface area contributed by atoms with Gasteiger partial charge in [0.25, 0.3) is 5.91 Å². The maximum atomic E-state index is 12.3.